The van der Waals surface area contributed by atoms with Crippen LogP contribution in [-0.4, -0.2) is 37.4 Å². The minimum absolute atomic E-state index is 0.0140. The Balaban J connectivity index is 1.83. The van der Waals surface area contributed by atoms with E-state index in [2.05, 4.69) is 14.8 Å². The van der Waals surface area contributed by atoms with E-state index in [0.29, 0.717) is 5.75 Å². The normalized spacial score (nSPS) is 11.4. The summed E-state index contributed by atoms with van der Waals surface area (Å²) >= 11 is 0. The summed E-state index contributed by atoms with van der Waals surface area (Å²) in [4.78, 5) is 4.21. The number of hydrogen-bond donors (Lipinski definition) is 1. The number of rotatable bonds is 7. The average Bonchev–Trinajstić information content (AvgIpc) is 3.12. The molecule has 2 aromatic heterocycles. The highest BCUT2D eigenvalue weighted by molar-refractivity contribution is 7.89. The van der Waals surface area contributed by atoms with Gasteiger partial charge in [0.2, 0.25) is 10.0 Å². The maximum atomic E-state index is 12.7. The standard InChI is InChI=1S/C18H20N4O4S/c1-22-16(6-7-20-22)14-8-13(10-19-12-14)11-21-27(23,24)18-9-15(25-2)4-5-17(18)26-3/h4-10,12,21H,11H2,1-3H3. The van der Waals surface area contributed by atoms with Gasteiger partial charge in [0.05, 0.1) is 19.9 Å². The third-order valence-corrected chi connectivity index (χ3v) is 5.46. The molecule has 1 aromatic carbocycles. The van der Waals surface area contributed by atoms with E-state index < -0.39 is 10.0 Å². The molecule has 0 unspecified atom stereocenters. The number of ether oxygens (including phenoxy) is 2. The number of hydrogen-bond acceptors (Lipinski definition) is 6. The Kier molecular flexibility index (Phi) is 5.43. The molecule has 3 rings (SSSR count). The molecule has 0 aliphatic rings. The van der Waals surface area contributed by atoms with Crippen LogP contribution in [0.2, 0.25) is 0 Å². The minimum atomic E-state index is -3.81. The lowest BCUT2D eigenvalue weighted by atomic mass is 10.1. The predicted molar refractivity (Wildman–Crippen MR) is 100 cm³/mol. The second kappa shape index (κ2) is 7.77. The molecular weight excluding hydrogens is 368 g/mol. The first-order valence-electron chi connectivity index (χ1n) is 8.08. The van der Waals surface area contributed by atoms with Crippen LogP contribution in [0.1, 0.15) is 5.56 Å². The van der Waals surface area contributed by atoms with E-state index in [0.717, 1.165) is 16.8 Å². The van der Waals surface area contributed by atoms with E-state index in [-0.39, 0.29) is 17.2 Å². The van der Waals surface area contributed by atoms with E-state index in [9.17, 15) is 8.42 Å². The van der Waals surface area contributed by atoms with E-state index in [1.807, 2.05) is 19.2 Å². The van der Waals surface area contributed by atoms with Crippen molar-refractivity contribution in [1.82, 2.24) is 19.5 Å². The molecule has 0 saturated heterocycles. The monoisotopic (exact) mass is 388 g/mol. The quantitative estimate of drug-likeness (QED) is 0.665. The van der Waals surface area contributed by atoms with Gasteiger partial charge in [0.1, 0.15) is 16.4 Å². The molecule has 0 spiro atoms. The van der Waals surface area contributed by atoms with Crippen molar-refractivity contribution in [1.29, 1.82) is 0 Å². The van der Waals surface area contributed by atoms with Crippen LogP contribution in [0.15, 0.2) is 53.8 Å². The number of methoxy groups -OCH3 is 2. The molecule has 9 heteroatoms. The first-order valence-corrected chi connectivity index (χ1v) is 9.57. The number of nitrogens with one attached hydrogen (secondary N) is 1. The van der Waals surface area contributed by atoms with Crippen LogP contribution < -0.4 is 14.2 Å². The molecule has 0 amide bonds. The van der Waals surface area contributed by atoms with Gasteiger partial charge in [-0.3, -0.25) is 9.67 Å². The van der Waals surface area contributed by atoms with E-state index in [1.54, 1.807) is 35.4 Å². The number of aryl methyl sites for hydroxylation is 1. The molecule has 3 aromatic rings. The van der Waals surface area contributed by atoms with Crippen molar-refractivity contribution in [3.8, 4) is 22.8 Å². The Hall–Kier alpha value is -2.91. The zero-order valence-corrected chi connectivity index (χ0v) is 16.0. The summed E-state index contributed by atoms with van der Waals surface area (Å²) in [6.45, 7) is 0.0847. The number of pyridine rings is 1. The van der Waals surface area contributed by atoms with Gasteiger partial charge in [0.25, 0.3) is 0 Å². The van der Waals surface area contributed by atoms with Crippen molar-refractivity contribution in [3.63, 3.8) is 0 Å². The van der Waals surface area contributed by atoms with Crippen LogP contribution in [0.4, 0.5) is 0 Å². The number of aromatic nitrogens is 3. The number of nitrogens with zero attached hydrogens (tertiary/aromatic N) is 3. The highest BCUT2D eigenvalue weighted by Gasteiger charge is 2.20. The van der Waals surface area contributed by atoms with Crippen molar-refractivity contribution in [2.45, 2.75) is 11.4 Å². The summed E-state index contributed by atoms with van der Waals surface area (Å²) < 4.78 is 40.1. The summed E-state index contributed by atoms with van der Waals surface area (Å²) in [5.41, 5.74) is 2.46. The van der Waals surface area contributed by atoms with Gasteiger partial charge < -0.3 is 9.47 Å². The molecule has 8 nitrogen and oxygen atoms in total. The van der Waals surface area contributed by atoms with Gasteiger partial charge in [-0.25, -0.2) is 13.1 Å². The molecular formula is C18H20N4O4S. The van der Waals surface area contributed by atoms with Crippen molar-refractivity contribution < 1.29 is 17.9 Å². The SMILES string of the molecule is COc1ccc(OC)c(S(=O)(=O)NCc2cncc(-c3ccnn3C)c2)c1. The highest BCUT2D eigenvalue weighted by atomic mass is 32.2. The van der Waals surface area contributed by atoms with Crippen LogP contribution in [0.5, 0.6) is 11.5 Å². The largest absolute Gasteiger partial charge is 0.497 e. The summed E-state index contributed by atoms with van der Waals surface area (Å²) in [6, 6.07) is 8.35. The Morgan fingerprint density at radius 3 is 2.59 bits per heavy atom. The molecule has 2 heterocycles. The van der Waals surface area contributed by atoms with Crippen molar-refractivity contribution in [2.75, 3.05) is 14.2 Å². The van der Waals surface area contributed by atoms with Gasteiger partial charge >= 0.3 is 0 Å². The molecule has 1 N–H and O–H groups in total. The molecule has 142 valence electrons. The minimum Gasteiger partial charge on any atom is -0.497 e. The lowest BCUT2D eigenvalue weighted by Crippen LogP contribution is -2.24. The first-order chi connectivity index (χ1) is 12.9. The molecule has 27 heavy (non-hydrogen) atoms. The number of sulfonamides is 1. The molecule has 0 fully saturated rings. The smallest absolute Gasteiger partial charge is 0.244 e. The van der Waals surface area contributed by atoms with Crippen molar-refractivity contribution in [3.05, 3.63) is 54.5 Å². The summed E-state index contributed by atoms with van der Waals surface area (Å²) in [7, 11) is 0.916. The van der Waals surface area contributed by atoms with Gasteiger partial charge in [0, 0.05) is 43.8 Å². The fourth-order valence-corrected chi connectivity index (χ4v) is 3.83. The Bertz CT molecular complexity index is 1050. The summed E-state index contributed by atoms with van der Waals surface area (Å²) in [5.74, 6) is 0.668. The Morgan fingerprint density at radius 2 is 1.93 bits per heavy atom. The predicted octanol–water partition coefficient (Wildman–Crippen LogP) is 1.98. The van der Waals surface area contributed by atoms with Gasteiger partial charge in [-0.15, -0.1) is 0 Å². The molecule has 0 bridgehead atoms. The van der Waals surface area contributed by atoms with Crippen LogP contribution in [0, 0.1) is 0 Å². The Labute approximate surface area is 157 Å². The van der Waals surface area contributed by atoms with Crippen LogP contribution in [0.3, 0.4) is 0 Å². The van der Waals surface area contributed by atoms with Gasteiger partial charge in [-0.2, -0.15) is 5.10 Å². The molecule has 0 saturated carbocycles. The van der Waals surface area contributed by atoms with E-state index in [4.69, 9.17) is 9.47 Å². The topological polar surface area (TPSA) is 95.3 Å². The average molecular weight is 388 g/mol. The second-order valence-corrected chi connectivity index (χ2v) is 7.50. The fraction of sp³-hybridized carbons (Fsp3) is 0.222. The zero-order chi connectivity index (χ0) is 19.4. The third-order valence-electron chi connectivity index (χ3n) is 4.04. The van der Waals surface area contributed by atoms with Crippen LogP contribution in [-0.2, 0) is 23.6 Å². The maximum Gasteiger partial charge on any atom is 0.244 e. The third kappa shape index (κ3) is 4.09. The molecule has 0 aliphatic heterocycles. The maximum absolute atomic E-state index is 12.7. The fourth-order valence-electron chi connectivity index (χ4n) is 2.63. The molecule has 0 radical (unpaired) electrons. The second-order valence-electron chi connectivity index (χ2n) is 5.76. The lowest BCUT2D eigenvalue weighted by molar-refractivity contribution is 0.392. The lowest BCUT2D eigenvalue weighted by Gasteiger charge is -2.12. The Morgan fingerprint density at radius 1 is 1.11 bits per heavy atom. The summed E-state index contributed by atoms with van der Waals surface area (Å²) in [5, 5.41) is 4.13. The molecule has 0 aliphatic carbocycles. The number of benzene rings is 1. The van der Waals surface area contributed by atoms with E-state index in [1.165, 1.54) is 20.3 Å². The van der Waals surface area contributed by atoms with E-state index >= 15 is 0 Å². The van der Waals surface area contributed by atoms with Crippen molar-refractivity contribution >= 4 is 10.0 Å². The first kappa shape index (κ1) is 18.9. The van der Waals surface area contributed by atoms with Gasteiger partial charge in [-0.1, -0.05) is 0 Å². The van der Waals surface area contributed by atoms with Gasteiger partial charge in [-0.05, 0) is 29.8 Å². The zero-order valence-electron chi connectivity index (χ0n) is 15.2. The van der Waals surface area contributed by atoms with Crippen molar-refractivity contribution in [2.24, 2.45) is 7.05 Å². The summed E-state index contributed by atoms with van der Waals surface area (Å²) in [6.07, 6.45) is 5.02. The van der Waals surface area contributed by atoms with Crippen LogP contribution >= 0.6 is 0 Å². The highest BCUT2D eigenvalue weighted by Crippen LogP contribution is 2.28. The van der Waals surface area contributed by atoms with Gasteiger partial charge in [0.15, 0.2) is 0 Å². The van der Waals surface area contributed by atoms with Crippen LogP contribution in [0.25, 0.3) is 11.3 Å². The molecule has 0 atom stereocenters.